The number of rotatable bonds is 4. The molecule has 1 heterocycles. The van der Waals surface area contributed by atoms with Gasteiger partial charge < -0.3 is 0 Å². The molecule has 21 heavy (non-hydrogen) atoms. The van der Waals surface area contributed by atoms with Crippen molar-refractivity contribution in [2.45, 2.75) is 12.1 Å². The third kappa shape index (κ3) is 3.58. The fourth-order valence-electron chi connectivity index (χ4n) is 2.26. The number of aliphatic carboxylic acids is 2. The van der Waals surface area contributed by atoms with Gasteiger partial charge in [0, 0.05) is 0 Å². The van der Waals surface area contributed by atoms with Crippen LogP contribution in [0, 0.1) is 0 Å². The van der Waals surface area contributed by atoms with Crippen LogP contribution in [0.25, 0.3) is 0 Å². The molecule has 112 valence electrons. The van der Waals surface area contributed by atoms with Crippen molar-refractivity contribution in [1.82, 2.24) is 10.2 Å². The van der Waals surface area contributed by atoms with Crippen molar-refractivity contribution in [2.24, 2.45) is 0 Å². The summed E-state index contributed by atoms with van der Waals surface area (Å²) in [5.41, 5.74) is 0.821. The molecule has 8 heteroatoms. The van der Waals surface area contributed by atoms with Crippen LogP contribution in [-0.2, 0) is 28.9 Å². The van der Waals surface area contributed by atoms with Crippen molar-refractivity contribution in [1.29, 1.82) is 0 Å². The molecule has 3 N–H and O–H groups in total. The first-order chi connectivity index (χ1) is 9.91. The van der Waals surface area contributed by atoms with Gasteiger partial charge in [-0.05, 0) is 0 Å². The molecule has 1 aromatic rings. The van der Waals surface area contributed by atoms with E-state index in [9.17, 15) is 19.8 Å². The first-order valence-corrected chi connectivity index (χ1v) is 7.55. The first-order valence-electron chi connectivity index (χ1n) is 6.17. The average Bonchev–Trinajstić information content (AvgIpc) is 2.46. The molecule has 1 saturated heterocycles. The molecule has 0 bridgehead atoms. The summed E-state index contributed by atoms with van der Waals surface area (Å²) < 4.78 is 0.725. The second-order valence-corrected chi connectivity index (χ2v) is 5.95. The molecule has 1 aliphatic heterocycles. The molecule has 0 aromatic heterocycles. The predicted octanol–water partition coefficient (Wildman–Crippen LogP) is 0.176. The van der Waals surface area contributed by atoms with Crippen LogP contribution in [0.1, 0.15) is 5.56 Å². The van der Waals surface area contributed by atoms with Crippen molar-refractivity contribution in [3.05, 3.63) is 34.9 Å². The number of piperazine rings is 1. The average molecular weight is 393 g/mol. The summed E-state index contributed by atoms with van der Waals surface area (Å²) in [6, 6.07) is 4.73. The van der Waals surface area contributed by atoms with E-state index in [-0.39, 0.29) is 0 Å². The predicted molar refractivity (Wildman–Crippen MR) is 73.1 cm³/mol. The normalized spacial score (nSPS) is 22.7. The molecule has 0 saturated carbocycles. The Kier molecular flexibility index (Phi) is 5.27. The summed E-state index contributed by atoms with van der Waals surface area (Å²) >= 11 is 7.54. The number of carboxylic acid groups (broad SMARTS) is 2. The van der Waals surface area contributed by atoms with E-state index in [2.05, 4.69) is 5.32 Å². The van der Waals surface area contributed by atoms with E-state index in [1.54, 1.807) is 48.5 Å². The maximum absolute atomic E-state index is 11.5. The minimum absolute atomic E-state index is 0.410. The van der Waals surface area contributed by atoms with Crippen molar-refractivity contribution >= 4 is 27.6 Å². The van der Waals surface area contributed by atoms with E-state index in [1.165, 1.54) is 0 Å². The second-order valence-electron chi connectivity index (χ2n) is 4.56. The van der Waals surface area contributed by atoms with Gasteiger partial charge in [0.2, 0.25) is 0 Å². The molecular weight excluding hydrogens is 380 g/mol. The molecule has 1 fully saturated rings. The summed E-state index contributed by atoms with van der Waals surface area (Å²) in [7, 11) is 0. The van der Waals surface area contributed by atoms with Crippen molar-refractivity contribution in [3.63, 3.8) is 0 Å². The van der Waals surface area contributed by atoms with Crippen molar-refractivity contribution < 1.29 is 39.2 Å². The number of carboxylic acids is 2. The Morgan fingerprint density at radius 3 is 2.38 bits per heavy atom. The molecule has 2 unspecified atom stereocenters. The van der Waals surface area contributed by atoms with Gasteiger partial charge in [-0.15, -0.1) is 0 Å². The molecule has 1 aliphatic rings. The van der Waals surface area contributed by atoms with Crippen LogP contribution >= 0.6 is 11.6 Å². The summed E-state index contributed by atoms with van der Waals surface area (Å²) in [4.78, 5) is 24.3. The first kappa shape index (κ1) is 16.3. The third-order valence-electron chi connectivity index (χ3n) is 3.24. The van der Waals surface area contributed by atoms with Gasteiger partial charge in [0.25, 0.3) is 0 Å². The van der Waals surface area contributed by atoms with Crippen molar-refractivity contribution in [2.75, 3.05) is 13.1 Å². The van der Waals surface area contributed by atoms with Crippen molar-refractivity contribution in [3.8, 4) is 0 Å². The van der Waals surface area contributed by atoms with E-state index in [0.717, 1.165) is 9.59 Å². The Morgan fingerprint density at radius 2 is 1.86 bits per heavy atom. The molecule has 2 atom stereocenters. The van der Waals surface area contributed by atoms with Crippen LogP contribution < -0.4 is 5.32 Å². The standard InChI is InChI=1S/C13H13ClN2O4.Mo/c14-9-3-1-8(2-4-9)7-16-6-5-15-10(12(17)18)11(16)13(19)20;/h1-4,10-11,15H,5-6H2,(H,17,18)(H,19,20);. The van der Waals surface area contributed by atoms with E-state index in [1.807, 2.05) is 0 Å². The summed E-state index contributed by atoms with van der Waals surface area (Å²) in [5.74, 6) is -2.33. The van der Waals surface area contributed by atoms with E-state index in [4.69, 9.17) is 11.6 Å². The van der Waals surface area contributed by atoms with Crippen LogP contribution in [0.5, 0.6) is 0 Å². The van der Waals surface area contributed by atoms with Crippen LogP contribution in [-0.4, -0.2) is 56.2 Å². The Hall–Kier alpha value is -1.07. The minimum atomic E-state index is -1.17. The SMILES string of the molecule is O=C(O)C1NCCN([C](=[Mo])c2ccc(Cl)cc2)C1C(=O)O. The molecular formula is C13H13ClMoN2O4. The van der Waals surface area contributed by atoms with Gasteiger partial charge in [0.15, 0.2) is 0 Å². The topological polar surface area (TPSA) is 89.9 Å². The monoisotopic (exact) mass is 394 g/mol. The van der Waals surface area contributed by atoms with Crippen LogP contribution in [0.4, 0.5) is 0 Å². The summed E-state index contributed by atoms with van der Waals surface area (Å²) in [5, 5.41) is 21.9. The number of hydrogen-bond donors (Lipinski definition) is 3. The molecule has 0 aliphatic carbocycles. The maximum atomic E-state index is 11.5. The number of benzene rings is 1. The Morgan fingerprint density at radius 1 is 1.24 bits per heavy atom. The molecule has 0 amide bonds. The van der Waals surface area contributed by atoms with E-state index >= 15 is 0 Å². The fourth-order valence-corrected chi connectivity index (χ4v) is 3.22. The molecule has 1 aromatic carbocycles. The van der Waals surface area contributed by atoms with Crippen LogP contribution in [0.2, 0.25) is 5.02 Å². The van der Waals surface area contributed by atoms with Gasteiger partial charge in [-0.25, -0.2) is 0 Å². The molecule has 0 radical (unpaired) electrons. The summed E-state index contributed by atoms with van der Waals surface area (Å²) in [6.07, 6.45) is 0. The number of carbonyl (C=O) groups is 2. The fraction of sp³-hybridized carbons (Fsp3) is 0.308. The molecule has 2 rings (SSSR count). The summed E-state index contributed by atoms with van der Waals surface area (Å²) in [6.45, 7) is 0.838. The van der Waals surface area contributed by atoms with Gasteiger partial charge in [-0.2, -0.15) is 0 Å². The van der Waals surface area contributed by atoms with Gasteiger partial charge in [0.05, 0.1) is 0 Å². The van der Waals surface area contributed by atoms with Crippen LogP contribution in [0.15, 0.2) is 24.3 Å². The Balaban J connectivity index is 2.31. The Labute approximate surface area is 137 Å². The number of nitrogens with one attached hydrogen (secondary N) is 1. The van der Waals surface area contributed by atoms with Gasteiger partial charge in [-0.3, -0.25) is 0 Å². The third-order valence-corrected chi connectivity index (χ3v) is 4.65. The number of halogens is 1. The Bertz CT molecular complexity index is 578. The van der Waals surface area contributed by atoms with Gasteiger partial charge >= 0.3 is 137 Å². The second kappa shape index (κ2) is 6.79. The van der Waals surface area contributed by atoms with E-state index in [0.29, 0.717) is 18.1 Å². The van der Waals surface area contributed by atoms with E-state index < -0.39 is 24.0 Å². The molecule has 0 spiro atoms. The quantitative estimate of drug-likeness (QED) is 0.633. The zero-order valence-corrected chi connectivity index (χ0v) is 13.6. The molecule has 6 nitrogen and oxygen atoms in total. The number of nitrogens with zero attached hydrogens (tertiary/aromatic N) is 1. The number of hydrogen-bond acceptors (Lipinski definition) is 4. The van der Waals surface area contributed by atoms with Gasteiger partial charge in [0.1, 0.15) is 0 Å². The van der Waals surface area contributed by atoms with Crippen LogP contribution in [0.3, 0.4) is 0 Å². The zero-order valence-electron chi connectivity index (χ0n) is 10.8. The van der Waals surface area contributed by atoms with Gasteiger partial charge in [-0.1, -0.05) is 0 Å². The zero-order chi connectivity index (χ0) is 15.6.